The van der Waals surface area contributed by atoms with E-state index in [9.17, 15) is 4.79 Å². The first-order chi connectivity index (χ1) is 7.06. The number of methoxy groups -OCH3 is 1. The summed E-state index contributed by atoms with van der Waals surface area (Å²) >= 11 is 0. The normalized spacial score (nSPS) is 22.5. The summed E-state index contributed by atoms with van der Waals surface area (Å²) in [6.45, 7) is 6.37. The molecule has 0 aromatic rings. The predicted octanol–water partition coefficient (Wildman–Crippen LogP) is -0.484. The number of hydrogen-bond donors (Lipinski definition) is 2. The third-order valence-electron chi connectivity index (χ3n) is 2.55. The van der Waals surface area contributed by atoms with Crippen LogP contribution in [0.3, 0.4) is 0 Å². The zero-order chi connectivity index (χ0) is 11.3. The molecular formula is C10H20N2O3. The molecular weight excluding hydrogens is 196 g/mol. The maximum Gasteiger partial charge on any atom is 0.251 e. The Labute approximate surface area is 90.5 Å². The summed E-state index contributed by atoms with van der Waals surface area (Å²) in [7, 11) is 1.53. The standard InChI is InChI=1S/C10H20N2O3/c1-10(2,14-3)9(13)12-7-8-6-11-4-5-15-8/h8,11H,4-7H2,1-3H3,(H,12,13). The predicted molar refractivity (Wildman–Crippen MR) is 56.7 cm³/mol. The van der Waals surface area contributed by atoms with Gasteiger partial charge in [-0.15, -0.1) is 0 Å². The monoisotopic (exact) mass is 216 g/mol. The van der Waals surface area contributed by atoms with Gasteiger partial charge in [0.05, 0.1) is 12.7 Å². The second kappa shape index (κ2) is 5.44. The Morgan fingerprint density at radius 3 is 2.93 bits per heavy atom. The van der Waals surface area contributed by atoms with Gasteiger partial charge in [-0.25, -0.2) is 0 Å². The van der Waals surface area contributed by atoms with Gasteiger partial charge in [0.25, 0.3) is 5.91 Å². The number of carbonyl (C=O) groups is 1. The summed E-state index contributed by atoms with van der Waals surface area (Å²) in [5.74, 6) is -0.112. The molecule has 1 atom stereocenters. The number of nitrogens with one attached hydrogen (secondary N) is 2. The number of amides is 1. The molecule has 88 valence electrons. The van der Waals surface area contributed by atoms with Crippen LogP contribution in [0.1, 0.15) is 13.8 Å². The lowest BCUT2D eigenvalue weighted by atomic mass is 10.1. The molecule has 0 spiro atoms. The Kier molecular flexibility index (Phi) is 4.50. The van der Waals surface area contributed by atoms with Gasteiger partial charge in [0.2, 0.25) is 0 Å². The van der Waals surface area contributed by atoms with Crippen LogP contribution in [0.2, 0.25) is 0 Å². The Morgan fingerprint density at radius 1 is 1.67 bits per heavy atom. The van der Waals surface area contributed by atoms with Crippen LogP contribution in [-0.4, -0.2) is 51.0 Å². The largest absolute Gasteiger partial charge is 0.374 e. The first-order valence-electron chi connectivity index (χ1n) is 5.22. The Morgan fingerprint density at radius 2 is 2.40 bits per heavy atom. The van der Waals surface area contributed by atoms with E-state index in [4.69, 9.17) is 9.47 Å². The zero-order valence-electron chi connectivity index (χ0n) is 9.63. The smallest absolute Gasteiger partial charge is 0.251 e. The molecule has 1 rings (SSSR count). The highest BCUT2D eigenvalue weighted by Crippen LogP contribution is 2.07. The molecule has 1 heterocycles. The average molecular weight is 216 g/mol. The van der Waals surface area contributed by atoms with E-state index in [1.165, 1.54) is 7.11 Å². The molecule has 0 aromatic heterocycles. The molecule has 15 heavy (non-hydrogen) atoms. The number of carbonyl (C=O) groups excluding carboxylic acids is 1. The van der Waals surface area contributed by atoms with E-state index in [2.05, 4.69) is 10.6 Å². The molecule has 5 heteroatoms. The highest BCUT2D eigenvalue weighted by molar-refractivity contribution is 5.84. The van der Waals surface area contributed by atoms with Crippen molar-refractivity contribution in [1.29, 1.82) is 0 Å². The minimum atomic E-state index is -0.776. The Bertz CT molecular complexity index is 213. The minimum Gasteiger partial charge on any atom is -0.374 e. The summed E-state index contributed by atoms with van der Waals surface area (Å²) in [5.41, 5.74) is -0.776. The Hall–Kier alpha value is -0.650. The maximum atomic E-state index is 11.6. The first kappa shape index (κ1) is 12.4. The lowest BCUT2D eigenvalue weighted by molar-refractivity contribution is -0.140. The molecule has 1 unspecified atom stereocenters. The minimum absolute atomic E-state index is 0.0651. The van der Waals surface area contributed by atoms with Crippen LogP contribution < -0.4 is 10.6 Å². The van der Waals surface area contributed by atoms with Crippen LogP contribution in [0.4, 0.5) is 0 Å². The van der Waals surface area contributed by atoms with Gasteiger partial charge in [0.15, 0.2) is 0 Å². The number of ether oxygens (including phenoxy) is 2. The van der Waals surface area contributed by atoms with E-state index >= 15 is 0 Å². The van der Waals surface area contributed by atoms with Gasteiger partial charge in [0.1, 0.15) is 5.60 Å². The topological polar surface area (TPSA) is 59.6 Å². The first-order valence-corrected chi connectivity index (χ1v) is 5.22. The molecule has 0 aliphatic carbocycles. The van der Waals surface area contributed by atoms with E-state index in [0.29, 0.717) is 13.2 Å². The van der Waals surface area contributed by atoms with Crippen LogP contribution in [0, 0.1) is 0 Å². The van der Waals surface area contributed by atoms with Crippen LogP contribution in [0.15, 0.2) is 0 Å². The summed E-state index contributed by atoms with van der Waals surface area (Å²) in [4.78, 5) is 11.6. The SMILES string of the molecule is COC(C)(C)C(=O)NCC1CNCCO1. The fourth-order valence-electron chi connectivity index (χ4n) is 1.26. The van der Waals surface area contributed by atoms with E-state index in [0.717, 1.165) is 13.1 Å². The van der Waals surface area contributed by atoms with Gasteiger partial charge < -0.3 is 20.1 Å². The molecule has 1 fully saturated rings. The van der Waals surface area contributed by atoms with Crippen molar-refractivity contribution in [2.75, 3.05) is 33.4 Å². The fourth-order valence-corrected chi connectivity index (χ4v) is 1.26. The molecule has 0 bridgehead atoms. The quantitative estimate of drug-likeness (QED) is 0.666. The van der Waals surface area contributed by atoms with Crippen LogP contribution in [-0.2, 0) is 14.3 Å². The van der Waals surface area contributed by atoms with Crippen molar-refractivity contribution in [3.05, 3.63) is 0 Å². The van der Waals surface area contributed by atoms with Gasteiger partial charge >= 0.3 is 0 Å². The van der Waals surface area contributed by atoms with Crippen molar-refractivity contribution in [2.45, 2.75) is 25.6 Å². The molecule has 0 radical (unpaired) electrons. The molecule has 0 saturated carbocycles. The van der Waals surface area contributed by atoms with Gasteiger partial charge in [-0.05, 0) is 13.8 Å². The average Bonchev–Trinajstić information content (AvgIpc) is 2.27. The second-order valence-electron chi connectivity index (χ2n) is 4.12. The van der Waals surface area contributed by atoms with Gasteiger partial charge in [-0.1, -0.05) is 0 Å². The number of morpholine rings is 1. The van der Waals surface area contributed by atoms with Crippen molar-refractivity contribution >= 4 is 5.91 Å². The molecule has 2 N–H and O–H groups in total. The fraction of sp³-hybridized carbons (Fsp3) is 0.900. The highest BCUT2D eigenvalue weighted by Gasteiger charge is 2.27. The van der Waals surface area contributed by atoms with Crippen molar-refractivity contribution in [1.82, 2.24) is 10.6 Å². The van der Waals surface area contributed by atoms with Crippen LogP contribution >= 0.6 is 0 Å². The van der Waals surface area contributed by atoms with E-state index < -0.39 is 5.60 Å². The molecule has 1 aliphatic rings. The molecule has 1 saturated heterocycles. The summed E-state index contributed by atoms with van der Waals surface area (Å²) in [6, 6.07) is 0. The third-order valence-corrected chi connectivity index (χ3v) is 2.55. The molecule has 1 aliphatic heterocycles. The third kappa shape index (κ3) is 3.77. The number of rotatable bonds is 4. The van der Waals surface area contributed by atoms with Gasteiger partial charge in [-0.2, -0.15) is 0 Å². The van der Waals surface area contributed by atoms with Crippen molar-refractivity contribution < 1.29 is 14.3 Å². The molecule has 1 amide bonds. The van der Waals surface area contributed by atoms with Gasteiger partial charge in [-0.3, -0.25) is 4.79 Å². The van der Waals surface area contributed by atoms with E-state index in [-0.39, 0.29) is 12.0 Å². The van der Waals surface area contributed by atoms with Gasteiger partial charge in [0, 0.05) is 26.7 Å². The zero-order valence-corrected chi connectivity index (χ0v) is 9.63. The van der Waals surface area contributed by atoms with Crippen LogP contribution in [0.5, 0.6) is 0 Å². The van der Waals surface area contributed by atoms with Crippen molar-refractivity contribution in [2.24, 2.45) is 0 Å². The summed E-state index contributed by atoms with van der Waals surface area (Å²) in [5, 5.41) is 6.02. The van der Waals surface area contributed by atoms with Crippen molar-refractivity contribution in [3.63, 3.8) is 0 Å². The van der Waals surface area contributed by atoms with Crippen molar-refractivity contribution in [3.8, 4) is 0 Å². The maximum absolute atomic E-state index is 11.6. The highest BCUT2D eigenvalue weighted by atomic mass is 16.5. The molecule has 0 aromatic carbocycles. The number of hydrogen-bond acceptors (Lipinski definition) is 4. The van der Waals surface area contributed by atoms with E-state index in [1.54, 1.807) is 13.8 Å². The lowest BCUT2D eigenvalue weighted by Gasteiger charge is -2.26. The summed E-state index contributed by atoms with van der Waals surface area (Å²) < 4.78 is 10.5. The molecule has 5 nitrogen and oxygen atoms in total. The Balaban J connectivity index is 2.26. The van der Waals surface area contributed by atoms with E-state index in [1.807, 2.05) is 0 Å². The van der Waals surface area contributed by atoms with Crippen LogP contribution in [0.25, 0.3) is 0 Å². The lowest BCUT2D eigenvalue weighted by Crippen LogP contribution is -2.50. The summed E-state index contributed by atoms with van der Waals surface area (Å²) in [6.07, 6.45) is 0.0651. The second-order valence-corrected chi connectivity index (χ2v) is 4.12.